The van der Waals surface area contributed by atoms with Gasteiger partial charge in [0.2, 0.25) is 19.7 Å². The van der Waals surface area contributed by atoms with Crippen molar-refractivity contribution in [2.75, 3.05) is 111 Å². The van der Waals surface area contributed by atoms with Crippen LogP contribution in [0.5, 0.6) is 34.5 Å². The molecule has 0 unspecified atom stereocenters. The van der Waals surface area contributed by atoms with Crippen molar-refractivity contribution in [3.63, 3.8) is 0 Å². The van der Waals surface area contributed by atoms with E-state index in [1.807, 2.05) is 38.3 Å². The van der Waals surface area contributed by atoms with Crippen molar-refractivity contribution < 1.29 is 45.3 Å². The van der Waals surface area contributed by atoms with Gasteiger partial charge in [-0.2, -0.15) is 0 Å². The Bertz CT molecular complexity index is 3230. The molecular weight excluding hydrogens is 1050 g/mol. The van der Waals surface area contributed by atoms with Crippen LogP contribution in [0.15, 0.2) is 104 Å². The van der Waals surface area contributed by atoms with E-state index in [-0.39, 0.29) is 19.6 Å². The Morgan fingerprint density at radius 3 is 1.24 bits per heavy atom. The normalized spacial score (nSPS) is 17.1. The minimum atomic E-state index is -3.96. The number of fused-ring (bicyclic) bond motifs is 2. The zero-order valence-corrected chi connectivity index (χ0v) is 49.3. The fraction of sp³-hybridized carbons (Fsp3) is 0.492. The zero-order valence-electron chi connectivity index (χ0n) is 46.9. The number of rotatable bonds is 15. The molecule has 0 amide bonds. The Hall–Kier alpha value is -5.73. The molecule has 4 saturated heterocycles. The Balaban J connectivity index is 0.000000200. The smallest absolute Gasteiger partial charge is 0.210 e. The second-order valence-electron chi connectivity index (χ2n) is 19.7. The summed E-state index contributed by atoms with van der Waals surface area (Å²) in [6.07, 6.45) is 16.7. The van der Waals surface area contributed by atoms with E-state index in [9.17, 15) is 16.8 Å². The standard InChI is InChI=1S/C29H37N3O6S.C28H35N3O4S2.C2H6/c1-35-24-9-8-21(16-25(24)36-2)39(33,34)28-19-30-23-18-27(38-4)26(37-3)17-22(23)29(28)32-14-10-20(11-15-32)31-12-6-5-7-13-31;1-34-25-10-8-22(18-26(25)35-2)37(32,33)27-19-29-24-9-7-21(36-3)17-23(24)28(27)31-15-11-20(12-16-31)30-13-5-4-6-14-30;1-2/h8-9,16-20H,5-7,10-15H2,1-4H3;7-10,17-20H,4-6,11-16H2,1-3H3;1-2H3. The second-order valence-corrected chi connectivity index (χ2v) is 24.4. The van der Waals surface area contributed by atoms with E-state index in [0.717, 1.165) is 86.4 Å². The zero-order chi connectivity index (χ0) is 55.6. The van der Waals surface area contributed by atoms with Gasteiger partial charge in [0.25, 0.3) is 0 Å². The second kappa shape index (κ2) is 26.5. The average molecular weight is 1130 g/mol. The number of methoxy groups -OCH3 is 6. The molecule has 0 aliphatic carbocycles. The van der Waals surface area contributed by atoms with Gasteiger partial charge in [0.15, 0.2) is 34.5 Å². The van der Waals surface area contributed by atoms with Crippen LogP contribution in [0.4, 0.5) is 11.4 Å². The SMILES string of the molecule is CC.COc1ccc(S(=O)(=O)c2cnc3cc(OC)c(OC)cc3c2N2CCC(N3CCCCC3)CC2)cc1OC.COc1ccc(S(=O)(=O)c2cnc3ccc(SC)cc3c2N2CCC(N3CCCCC3)CC2)cc1OC. The summed E-state index contributed by atoms with van der Waals surface area (Å²) in [6.45, 7) is 11.8. The molecule has 19 heteroatoms. The molecule has 0 saturated carbocycles. The van der Waals surface area contributed by atoms with E-state index in [2.05, 4.69) is 35.6 Å². The highest BCUT2D eigenvalue weighted by Gasteiger charge is 2.34. The van der Waals surface area contributed by atoms with Gasteiger partial charge in [-0.1, -0.05) is 26.7 Å². The highest BCUT2D eigenvalue weighted by atomic mass is 32.2. The molecule has 4 aromatic carbocycles. The average Bonchev–Trinajstić information content (AvgIpc) is 3.59. The Morgan fingerprint density at radius 2 is 0.833 bits per heavy atom. The van der Waals surface area contributed by atoms with Crippen molar-refractivity contribution in [1.82, 2.24) is 19.8 Å². The predicted octanol–water partition coefficient (Wildman–Crippen LogP) is 10.8. The van der Waals surface area contributed by atoms with Crippen LogP contribution in [0.25, 0.3) is 21.8 Å². The molecule has 2 aromatic heterocycles. The molecule has 10 rings (SSSR count). The van der Waals surface area contributed by atoms with Crippen LogP contribution in [0.2, 0.25) is 0 Å². The third kappa shape index (κ3) is 12.3. The number of benzene rings is 4. The van der Waals surface area contributed by atoms with Crippen LogP contribution >= 0.6 is 11.8 Å². The molecule has 0 radical (unpaired) electrons. The topological polar surface area (TPSA) is 162 Å². The molecular formula is C59H78N6O10S3. The number of ether oxygens (including phenoxy) is 6. The number of likely N-dealkylation sites (tertiary alicyclic amines) is 2. The predicted molar refractivity (Wildman–Crippen MR) is 311 cm³/mol. The lowest BCUT2D eigenvalue weighted by Gasteiger charge is -2.41. The maximum Gasteiger partial charge on any atom is 0.210 e. The van der Waals surface area contributed by atoms with E-state index in [1.165, 1.54) is 105 Å². The Labute approximate surface area is 466 Å². The van der Waals surface area contributed by atoms with Gasteiger partial charge in [0.1, 0.15) is 9.79 Å². The minimum absolute atomic E-state index is 0.117. The summed E-state index contributed by atoms with van der Waals surface area (Å²) in [5, 5.41) is 1.59. The number of anilines is 2. The Morgan fingerprint density at radius 1 is 0.449 bits per heavy atom. The molecule has 4 fully saturated rings. The fourth-order valence-electron chi connectivity index (χ4n) is 11.5. The van der Waals surface area contributed by atoms with Crippen LogP contribution in [-0.2, 0) is 19.7 Å². The molecule has 0 bridgehead atoms. The number of thioether (sulfide) groups is 1. The van der Waals surface area contributed by atoms with Gasteiger partial charge < -0.3 is 48.0 Å². The van der Waals surface area contributed by atoms with Crippen molar-refractivity contribution in [2.45, 2.75) is 115 Å². The van der Waals surface area contributed by atoms with Crippen LogP contribution in [-0.4, -0.2) is 150 Å². The van der Waals surface area contributed by atoms with Crippen molar-refractivity contribution >= 4 is 64.6 Å². The number of pyridine rings is 2. The maximum atomic E-state index is 14.2. The highest BCUT2D eigenvalue weighted by molar-refractivity contribution is 7.98. The quantitative estimate of drug-likeness (QED) is 0.0892. The number of nitrogens with zero attached hydrogens (tertiary/aromatic N) is 6. The summed E-state index contributed by atoms with van der Waals surface area (Å²) in [5.74, 6) is 2.75. The number of aromatic nitrogens is 2. The van der Waals surface area contributed by atoms with Gasteiger partial charge in [-0.25, -0.2) is 16.8 Å². The van der Waals surface area contributed by atoms with Gasteiger partial charge in [-0.3, -0.25) is 9.97 Å². The van der Waals surface area contributed by atoms with Crippen LogP contribution in [0, 0.1) is 0 Å². The van der Waals surface area contributed by atoms with Gasteiger partial charge in [0.05, 0.1) is 74.9 Å². The van der Waals surface area contributed by atoms with E-state index < -0.39 is 19.7 Å². The molecule has 16 nitrogen and oxygen atoms in total. The Kier molecular flexibility index (Phi) is 19.8. The van der Waals surface area contributed by atoms with E-state index in [0.29, 0.717) is 63.2 Å². The van der Waals surface area contributed by atoms with E-state index >= 15 is 0 Å². The lowest BCUT2D eigenvalue weighted by Crippen LogP contribution is -2.47. The molecule has 0 spiro atoms. The molecule has 0 N–H and O–H groups in total. The first-order chi connectivity index (χ1) is 37.9. The third-order valence-electron chi connectivity index (χ3n) is 15.6. The van der Waals surface area contributed by atoms with Crippen LogP contribution < -0.4 is 38.2 Å². The maximum absolute atomic E-state index is 14.2. The number of hydrogen-bond acceptors (Lipinski definition) is 17. The van der Waals surface area contributed by atoms with Crippen molar-refractivity contribution in [3.05, 3.63) is 79.1 Å². The summed E-state index contributed by atoms with van der Waals surface area (Å²) >= 11 is 1.64. The number of hydrogen-bond donors (Lipinski definition) is 0. The summed E-state index contributed by atoms with van der Waals surface area (Å²) < 4.78 is 89.1. The van der Waals surface area contributed by atoms with Crippen LogP contribution in [0.3, 0.4) is 0 Å². The van der Waals surface area contributed by atoms with Gasteiger partial charge in [-0.15, -0.1) is 11.8 Å². The highest BCUT2D eigenvalue weighted by Crippen LogP contribution is 2.44. The third-order valence-corrected chi connectivity index (χ3v) is 19.8. The molecule has 6 aromatic rings. The lowest BCUT2D eigenvalue weighted by atomic mass is 9.99. The number of piperidine rings is 4. The first-order valence-corrected chi connectivity index (χ1v) is 31.5. The van der Waals surface area contributed by atoms with Gasteiger partial charge >= 0.3 is 0 Å². The summed E-state index contributed by atoms with van der Waals surface area (Å²) in [6, 6.07) is 20.2. The van der Waals surface area contributed by atoms with Crippen LogP contribution in [0.1, 0.15) is 78.1 Å². The fourth-order valence-corrected chi connectivity index (χ4v) is 14.8. The molecule has 78 heavy (non-hydrogen) atoms. The van der Waals surface area contributed by atoms with E-state index in [1.54, 1.807) is 56.3 Å². The molecule has 422 valence electrons. The molecule has 0 atom stereocenters. The monoisotopic (exact) mass is 1130 g/mol. The first-order valence-electron chi connectivity index (χ1n) is 27.3. The summed E-state index contributed by atoms with van der Waals surface area (Å²) in [5.41, 5.74) is 2.85. The van der Waals surface area contributed by atoms with Gasteiger partial charge in [-0.05, 0) is 132 Å². The minimum Gasteiger partial charge on any atom is -0.493 e. The lowest BCUT2D eigenvalue weighted by molar-refractivity contribution is 0.141. The van der Waals surface area contributed by atoms with E-state index in [4.69, 9.17) is 28.4 Å². The molecule has 6 heterocycles. The van der Waals surface area contributed by atoms with Gasteiger partial charge in [0, 0.05) is 84.5 Å². The van der Waals surface area contributed by atoms with Crippen molar-refractivity contribution in [1.29, 1.82) is 0 Å². The van der Waals surface area contributed by atoms with Crippen molar-refractivity contribution in [3.8, 4) is 34.5 Å². The largest absolute Gasteiger partial charge is 0.493 e. The first kappa shape index (κ1) is 58.4. The summed E-state index contributed by atoms with van der Waals surface area (Å²) in [4.78, 5) is 20.6. The molecule has 4 aliphatic rings. The van der Waals surface area contributed by atoms with Crippen molar-refractivity contribution in [2.24, 2.45) is 0 Å². The summed E-state index contributed by atoms with van der Waals surface area (Å²) in [7, 11) is 1.37. The molecule has 4 aliphatic heterocycles. The number of sulfone groups is 2.